The molecule has 144 valence electrons. The van der Waals surface area contributed by atoms with Crippen molar-refractivity contribution in [2.24, 2.45) is 7.05 Å². The molecule has 1 aromatic heterocycles. The van der Waals surface area contributed by atoms with E-state index in [4.69, 9.17) is 0 Å². The van der Waals surface area contributed by atoms with E-state index in [9.17, 15) is 18.4 Å². The molecule has 28 heavy (non-hydrogen) atoms. The molecule has 8 heteroatoms. The number of hydrogen-bond acceptors (Lipinski definition) is 4. The average Bonchev–Trinajstić information content (AvgIpc) is 2.96. The molecule has 0 aliphatic carbocycles. The summed E-state index contributed by atoms with van der Waals surface area (Å²) in [6.07, 6.45) is 0.125. The Morgan fingerprint density at radius 1 is 1.11 bits per heavy atom. The van der Waals surface area contributed by atoms with E-state index in [-0.39, 0.29) is 23.0 Å². The van der Waals surface area contributed by atoms with Crippen LogP contribution in [-0.4, -0.2) is 17.1 Å². The van der Waals surface area contributed by atoms with Crippen molar-refractivity contribution in [1.82, 2.24) is 4.57 Å². The van der Waals surface area contributed by atoms with Gasteiger partial charge in [0.2, 0.25) is 5.91 Å². The lowest BCUT2D eigenvalue weighted by atomic mass is 9.90. The number of nitrogens with zero attached hydrogens (tertiary/aromatic N) is 2. The van der Waals surface area contributed by atoms with Crippen LogP contribution in [0.15, 0.2) is 59.4 Å². The molecule has 0 saturated carbocycles. The van der Waals surface area contributed by atoms with E-state index in [1.54, 1.807) is 36.2 Å². The van der Waals surface area contributed by atoms with Crippen molar-refractivity contribution in [3.63, 3.8) is 0 Å². The van der Waals surface area contributed by atoms with Crippen LogP contribution < -0.4 is 14.5 Å². The SMILES string of the molecule is Cn1c2c(sc1=O)C(c1cccc(OC(F)F)c1)CC(=O)N2c1ccccc1. The van der Waals surface area contributed by atoms with Gasteiger partial charge in [-0.2, -0.15) is 8.78 Å². The molecule has 0 bridgehead atoms. The van der Waals surface area contributed by atoms with E-state index in [1.165, 1.54) is 16.7 Å². The third-order valence-corrected chi connectivity index (χ3v) is 5.80. The topological polar surface area (TPSA) is 51.5 Å². The maximum Gasteiger partial charge on any atom is 0.387 e. The van der Waals surface area contributed by atoms with Gasteiger partial charge < -0.3 is 4.74 Å². The molecule has 0 radical (unpaired) electrons. The zero-order chi connectivity index (χ0) is 19.8. The predicted octanol–water partition coefficient (Wildman–Crippen LogP) is 4.25. The smallest absolute Gasteiger partial charge is 0.387 e. The first-order valence-electron chi connectivity index (χ1n) is 8.58. The summed E-state index contributed by atoms with van der Waals surface area (Å²) in [6.45, 7) is -2.93. The van der Waals surface area contributed by atoms with E-state index >= 15 is 0 Å². The van der Waals surface area contributed by atoms with Crippen LogP contribution in [0.5, 0.6) is 5.75 Å². The van der Waals surface area contributed by atoms with Crippen LogP contribution in [0.25, 0.3) is 0 Å². The van der Waals surface area contributed by atoms with Crippen LogP contribution in [0.4, 0.5) is 20.3 Å². The molecular weight excluding hydrogens is 386 g/mol. The molecule has 0 fully saturated rings. The minimum Gasteiger partial charge on any atom is -0.435 e. The Morgan fingerprint density at radius 2 is 1.86 bits per heavy atom. The minimum absolute atomic E-state index is 0.0234. The molecule has 1 amide bonds. The van der Waals surface area contributed by atoms with E-state index < -0.39 is 12.5 Å². The first kappa shape index (κ1) is 18.4. The maximum absolute atomic E-state index is 13.0. The number of para-hydroxylation sites is 1. The van der Waals surface area contributed by atoms with Crippen LogP contribution in [0.3, 0.4) is 0 Å². The molecule has 0 N–H and O–H groups in total. The van der Waals surface area contributed by atoms with E-state index in [0.717, 1.165) is 16.2 Å². The highest BCUT2D eigenvalue weighted by Crippen LogP contribution is 2.44. The first-order valence-corrected chi connectivity index (χ1v) is 9.40. The number of ether oxygens (including phenoxy) is 1. The zero-order valence-electron chi connectivity index (χ0n) is 14.8. The molecule has 1 aliphatic rings. The van der Waals surface area contributed by atoms with Gasteiger partial charge in [-0.1, -0.05) is 41.7 Å². The second-order valence-electron chi connectivity index (χ2n) is 6.39. The summed E-state index contributed by atoms with van der Waals surface area (Å²) in [5.74, 6) is -0.0298. The Bertz CT molecular complexity index is 1080. The van der Waals surface area contributed by atoms with Crippen LogP contribution in [-0.2, 0) is 11.8 Å². The van der Waals surface area contributed by atoms with Gasteiger partial charge in [0.05, 0.1) is 10.6 Å². The van der Waals surface area contributed by atoms with Crippen LogP contribution in [0.2, 0.25) is 0 Å². The van der Waals surface area contributed by atoms with Crippen molar-refractivity contribution in [2.75, 3.05) is 4.90 Å². The third kappa shape index (κ3) is 3.20. The second-order valence-corrected chi connectivity index (χ2v) is 7.38. The monoisotopic (exact) mass is 402 g/mol. The zero-order valence-corrected chi connectivity index (χ0v) is 15.7. The molecule has 2 aromatic carbocycles. The van der Waals surface area contributed by atoms with Crippen LogP contribution in [0, 0.1) is 0 Å². The Morgan fingerprint density at radius 3 is 2.57 bits per heavy atom. The van der Waals surface area contributed by atoms with Crippen molar-refractivity contribution < 1.29 is 18.3 Å². The van der Waals surface area contributed by atoms with Crippen molar-refractivity contribution in [3.05, 3.63) is 74.7 Å². The number of hydrogen-bond donors (Lipinski definition) is 0. The Balaban J connectivity index is 1.83. The number of carbonyl (C=O) groups excluding carboxylic acids is 1. The summed E-state index contributed by atoms with van der Waals surface area (Å²) in [4.78, 5) is 27.5. The summed E-state index contributed by atoms with van der Waals surface area (Å²) < 4.78 is 31.1. The van der Waals surface area contributed by atoms with Gasteiger partial charge in [-0.15, -0.1) is 0 Å². The molecule has 3 aromatic rings. The fourth-order valence-corrected chi connectivity index (χ4v) is 4.54. The first-order chi connectivity index (χ1) is 13.5. The number of aromatic nitrogens is 1. The van der Waals surface area contributed by atoms with Gasteiger partial charge in [-0.3, -0.25) is 19.1 Å². The van der Waals surface area contributed by atoms with E-state index in [1.807, 2.05) is 18.2 Å². The van der Waals surface area contributed by atoms with Crippen molar-refractivity contribution >= 4 is 28.7 Å². The number of rotatable bonds is 4. The molecule has 1 aliphatic heterocycles. The van der Waals surface area contributed by atoms with Gasteiger partial charge >= 0.3 is 11.5 Å². The van der Waals surface area contributed by atoms with Gasteiger partial charge in [-0.05, 0) is 29.8 Å². The molecule has 0 saturated heterocycles. The lowest BCUT2D eigenvalue weighted by molar-refractivity contribution is -0.118. The molecule has 4 rings (SSSR count). The van der Waals surface area contributed by atoms with E-state index in [2.05, 4.69) is 4.74 Å². The number of fused-ring (bicyclic) bond motifs is 1. The van der Waals surface area contributed by atoms with Gasteiger partial charge in [0.15, 0.2) is 0 Å². The molecule has 1 unspecified atom stereocenters. The van der Waals surface area contributed by atoms with Crippen LogP contribution >= 0.6 is 11.3 Å². The van der Waals surface area contributed by atoms with Gasteiger partial charge in [0.1, 0.15) is 11.6 Å². The Kier molecular flexibility index (Phi) is 4.72. The fraction of sp³-hybridized carbons (Fsp3) is 0.200. The van der Waals surface area contributed by atoms with Crippen molar-refractivity contribution in [1.29, 1.82) is 0 Å². The standard InChI is InChI=1S/C20H16F2N2O3S/c1-23-18-17(28-20(23)26)15(12-6-5-9-14(10-12)27-19(21)22)11-16(25)24(18)13-7-3-2-4-8-13/h2-10,15,19H,11H2,1H3. The molecule has 5 nitrogen and oxygen atoms in total. The molecule has 0 spiro atoms. The third-order valence-electron chi connectivity index (χ3n) is 4.67. The van der Waals surface area contributed by atoms with Crippen molar-refractivity contribution in [2.45, 2.75) is 19.0 Å². The summed E-state index contributed by atoms with van der Waals surface area (Å²) in [7, 11) is 1.62. The second kappa shape index (κ2) is 7.20. The summed E-state index contributed by atoms with van der Waals surface area (Å²) >= 11 is 1.06. The Labute approximate surface area is 163 Å². The quantitative estimate of drug-likeness (QED) is 0.656. The minimum atomic E-state index is -2.93. The fourth-order valence-electron chi connectivity index (χ4n) is 3.44. The Hall–Kier alpha value is -3.00. The van der Waals surface area contributed by atoms with Crippen LogP contribution in [0.1, 0.15) is 22.8 Å². The number of carbonyl (C=O) groups is 1. The number of alkyl halides is 2. The van der Waals surface area contributed by atoms with Crippen molar-refractivity contribution in [3.8, 4) is 5.75 Å². The number of amides is 1. The lowest BCUT2D eigenvalue weighted by Gasteiger charge is -2.32. The van der Waals surface area contributed by atoms with Gasteiger partial charge in [0, 0.05) is 19.4 Å². The summed E-state index contributed by atoms with van der Waals surface area (Å²) in [5.41, 5.74) is 1.33. The molecule has 1 atom stereocenters. The van der Waals surface area contributed by atoms with Gasteiger partial charge in [0.25, 0.3) is 0 Å². The number of thiazole rings is 1. The predicted molar refractivity (Wildman–Crippen MR) is 103 cm³/mol. The highest BCUT2D eigenvalue weighted by molar-refractivity contribution is 7.10. The highest BCUT2D eigenvalue weighted by Gasteiger charge is 2.37. The molecular formula is C20H16F2N2O3S. The highest BCUT2D eigenvalue weighted by atomic mass is 32.1. The number of halogens is 2. The summed E-state index contributed by atoms with van der Waals surface area (Å²) in [6, 6.07) is 15.4. The largest absolute Gasteiger partial charge is 0.435 e. The number of benzene rings is 2. The molecule has 2 heterocycles. The average molecular weight is 402 g/mol. The maximum atomic E-state index is 13.0. The van der Waals surface area contributed by atoms with E-state index in [0.29, 0.717) is 17.1 Å². The normalized spacial score (nSPS) is 16.4. The number of anilines is 2. The van der Waals surface area contributed by atoms with Gasteiger partial charge in [-0.25, -0.2) is 0 Å². The summed E-state index contributed by atoms with van der Waals surface area (Å²) in [5, 5.41) is 0. The lowest BCUT2D eigenvalue weighted by Crippen LogP contribution is -2.34.